The predicted octanol–water partition coefficient (Wildman–Crippen LogP) is 4.21. The first kappa shape index (κ1) is 9.40. The van der Waals surface area contributed by atoms with Crippen molar-refractivity contribution >= 4 is 44.0 Å². The zero-order valence-electron chi connectivity index (χ0n) is 7.10. The van der Waals surface area contributed by atoms with Crippen LogP contribution in [0.15, 0.2) is 18.2 Å². The summed E-state index contributed by atoms with van der Waals surface area (Å²) in [4.78, 5) is 1.25. The molecule has 0 fully saturated rings. The van der Waals surface area contributed by atoms with Crippen molar-refractivity contribution in [2.24, 2.45) is 0 Å². The molecule has 2 aromatic rings. The summed E-state index contributed by atoms with van der Waals surface area (Å²) in [7, 11) is 0. The predicted molar refractivity (Wildman–Crippen MR) is 63.9 cm³/mol. The fraction of sp³-hybridized carbons (Fsp3) is 0.200. The zero-order chi connectivity index (χ0) is 9.42. The summed E-state index contributed by atoms with van der Waals surface area (Å²) >= 11 is 3.58. The molecule has 1 heterocycles. The van der Waals surface area contributed by atoms with E-state index in [9.17, 15) is 4.39 Å². The Hall–Kier alpha value is -0.160. The molecule has 1 aromatic carbocycles. The summed E-state index contributed by atoms with van der Waals surface area (Å²) in [5.41, 5.74) is 0. The Balaban J connectivity index is 2.76. The molecule has 0 aliphatic heterocycles. The van der Waals surface area contributed by atoms with Crippen LogP contribution >= 0.6 is 33.9 Å². The number of hydrogen-bond donors (Lipinski definition) is 0. The van der Waals surface area contributed by atoms with Crippen LogP contribution < -0.4 is 0 Å². The topological polar surface area (TPSA) is 0 Å². The number of aryl methyl sites for hydroxylation is 1. The molecule has 0 nitrogen and oxygen atoms in total. The van der Waals surface area contributed by atoms with Crippen LogP contribution in [-0.4, -0.2) is 0 Å². The van der Waals surface area contributed by atoms with Gasteiger partial charge in [-0.15, -0.1) is 11.3 Å². The maximum Gasteiger partial charge on any atom is 0.154 e. The summed E-state index contributed by atoms with van der Waals surface area (Å²) in [5, 5.41) is 1.03. The molecule has 0 aliphatic carbocycles. The Morgan fingerprint density at radius 3 is 2.92 bits per heavy atom. The van der Waals surface area contributed by atoms with Gasteiger partial charge in [-0.3, -0.25) is 0 Å². The molecular formula is C10H8FIS. The van der Waals surface area contributed by atoms with Crippen LogP contribution in [0.3, 0.4) is 0 Å². The number of thiophene rings is 1. The van der Waals surface area contributed by atoms with E-state index in [0.29, 0.717) is 3.57 Å². The Morgan fingerprint density at radius 2 is 2.23 bits per heavy atom. The molecular weight excluding hydrogens is 298 g/mol. The van der Waals surface area contributed by atoms with Crippen molar-refractivity contribution in [3.8, 4) is 0 Å². The first-order valence-corrected chi connectivity index (χ1v) is 5.98. The molecule has 0 N–H and O–H groups in total. The standard InChI is InChI=1S/C10H8FIS/c1-2-7-5-6-3-4-8(12)9(11)10(6)13-7/h3-5H,2H2,1H3. The summed E-state index contributed by atoms with van der Waals surface area (Å²) in [6.45, 7) is 2.09. The highest BCUT2D eigenvalue weighted by Crippen LogP contribution is 2.30. The van der Waals surface area contributed by atoms with Crippen molar-refractivity contribution in [2.45, 2.75) is 13.3 Å². The van der Waals surface area contributed by atoms with Crippen molar-refractivity contribution < 1.29 is 4.39 Å². The molecule has 0 atom stereocenters. The first-order chi connectivity index (χ1) is 6.22. The number of benzene rings is 1. The average Bonchev–Trinajstić information content (AvgIpc) is 2.55. The zero-order valence-corrected chi connectivity index (χ0v) is 10.1. The van der Waals surface area contributed by atoms with Gasteiger partial charge in [0, 0.05) is 4.88 Å². The highest BCUT2D eigenvalue weighted by Gasteiger charge is 2.08. The third-order valence-corrected chi connectivity index (χ3v) is 4.10. The number of rotatable bonds is 1. The third kappa shape index (κ3) is 1.59. The molecule has 0 saturated heterocycles. The van der Waals surface area contributed by atoms with E-state index >= 15 is 0 Å². The molecule has 0 aliphatic rings. The van der Waals surface area contributed by atoms with Crippen molar-refractivity contribution in [1.29, 1.82) is 0 Å². The van der Waals surface area contributed by atoms with Gasteiger partial charge in [0.1, 0.15) is 0 Å². The lowest BCUT2D eigenvalue weighted by atomic mass is 10.2. The van der Waals surface area contributed by atoms with E-state index in [1.807, 2.05) is 34.7 Å². The molecule has 0 amide bonds. The second kappa shape index (κ2) is 3.53. The van der Waals surface area contributed by atoms with Crippen molar-refractivity contribution in [1.82, 2.24) is 0 Å². The fourth-order valence-corrected chi connectivity index (χ4v) is 2.94. The lowest BCUT2D eigenvalue weighted by Gasteiger charge is -1.93. The van der Waals surface area contributed by atoms with Crippen molar-refractivity contribution in [3.05, 3.63) is 32.5 Å². The van der Waals surface area contributed by atoms with Crippen LogP contribution in [0.4, 0.5) is 4.39 Å². The van der Waals surface area contributed by atoms with Gasteiger partial charge in [0.05, 0.1) is 8.27 Å². The van der Waals surface area contributed by atoms with E-state index < -0.39 is 0 Å². The summed E-state index contributed by atoms with van der Waals surface area (Å²) in [5.74, 6) is -0.0669. The Morgan fingerprint density at radius 1 is 1.46 bits per heavy atom. The van der Waals surface area contributed by atoms with E-state index in [0.717, 1.165) is 16.5 Å². The van der Waals surface area contributed by atoms with Crippen molar-refractivity contribution in [2.75, 3.05) is 0 Å². The third-order valence-electron chi connectivity index (χ3n) is 1.98. The van der Waals surface area contributed by atoms with Crippen LogP contribution in [-0.2, 0) is 6.42 Å². The fourth-order valence-electron chi connectivity index (χ4n) is 1.27. The Kier molecular flexibility index (Phi) is 2.55. The van der Waals surface area contributed by atoms with Gasteiger partial charge in [-0.05, 0) is 46.5 Å². The van der Waals surface area contributed by atoms with Gasteiger partial charge >= 0.3 is 0 Å². The maximum atomic E-state index is 13.6. The molecule has 1 aromatic heterocycles. The molecule has 3 heteroatoms. The van der Waals surface area contributed by atoms with Crippen LogP contribution in [0.5, 0.6) is 0 Å². The summed E-state index contributed by atoms with van der Waals surface area (Å²) in [6, 6.07) is 5.87. The molecule has 68 valence electrons. The molecule has 2 rings (SSSR count). The van der Waals surface area contributed by atoms with Crippen LogP contribution in [0.1, 0.15) is 11.8 Å². The number of halogens is 2. The van der Waals surface area contributed by atoms with E-state index in [4.69, 9.17) is 0 Å². The second-order valence-corrected chi connectivity index (χ2v) is 5.14. The van der Waals surface area contributed by atoms with Crippen molar-refractivity contribution in [3.63, 3.8) is 0 Å². The Bertz CT molecular complexity index is 447. The molecule has 0 saturated carbocycles. The highest BCUT2D eigenvalue weighted by molar-refractivity contribution is 14.1. The minimum atomic E-state index is -0.0669. The minimum Gasteiger partial charge on any atom is -0.204 e. The lowest BCUT2D eigenvalue weighted by molar-refractivity contribution is 0.634. The van der Waals surface area contributed by atoms with Crippen LogP contribution in [0.25, 0.3) is 10.1 Å². The van der Waals surface area contributed by atoms with Gasteiger partial charge in [0.25, 0.3) is 0 Å². The summed E-state index contributed by atoms with van der Waals surface area (Å²) < 4.78 is 15.0. The number of hydrogen-bond acceptors (Lipinski definition) is 1. The van der Waals surface area contributed by atoms with Gasteiger partial charge in [0.15, 0.2) is 5.82 Å². The normalized spacial score (nSPS) is 11.0. The molecule has 0 unspecified atom stereocenters. The Labute approximate surface area is 93.9 Å². The lowest BCUT2D eigenvalue weighted by Crippen LogP contribution is -1.78. The van der Waals surface area contributed by atoms with E-state index in [2.05, 4.69) is 13.0 Å². The number of fused-ring (bicyclic) bond motifs is 1. The van der Waals surface area contributed by atoms with Crippen LogP contribution in [0, 0.1) is 9.39 Å². The molecule has 0 bridgehead atoms. The SMILES string of the molecule is CCc1cc2ccc(I)c(F)c2s1. The van der Waals surface area contributed by atoms with E-state index in [-0.39, 0.29) is 5.82 Å². The van der Waals surface area contributed by atoms with E-state index in [1.54, 1.807) is 11.3 Å². The highest BCUT2D eigenvalue weighted by atomic mass is 127. The van der Waals surface area contributed by atoms with Gasteiger partial charge in [0.2, 0.25) is 0 Å². The quantitative estimate of drug-likeness (QED) is 0.692. The molecule has 13 heavy (non-hydrogen) atoms. The minimum absolute atomic E-state index is 0.0669. The first-order valence-electron chi connectivity index (χ1n) is 4.08. The maximum absolute atomic E-state index is 13.6. The largest absolute Gasteiger partial charge is 0.204 e. The van der Waals surface area contributed by atoms with E-state index in [1.165, 1.54) is 4.88 Å². The average molecular weight is 306 g/mol. The van der Waals surface area contributed by atoms with Gasteiger partial charge in [-0.25, -0.2) is 4.39 Å². The molecule has 0 spiro atoms. The monoisotopic (exact) mass is 306 g/mol. The van der Waals surface area contributed by atoms with Gasteiger partial charge in [-0.1, -0.05) is 13.0 Å². The van der Waals surface area contributed by atoms with Gasteiger partial charge < -0.3 is 0 Å². The van der Waals surface area contributed by atoms with Gasteiger partial charge in [-0.2, -0.15) is 0 Å². The molecule has 0 radical (unpaired) electrons. The summed E-state index contributed by atoms with van der Waals surface area (Å²) in [6.07, 6.45) is 0.982. The van der Waals surface area contributed by atoms with Crippen LogP contribution in [0.2, 0.25) is 0 Å². The smallest absolute Gasteiger partial charge is 0.154 e. The second-order valence-electron chi connectivity index (χ2n) is 2.85.